The number of hydrogen-bond donors (Lipinski definition) is 1. The second-order valence-corrected chi connectivity index (χ2v) is 8.13. The van der Waals surface area contributed by atoms with Crippen molar-refractivity contribution >= 4 is 29.0 Å². The van der Waals surface area contributed by atoms with E-state index >= 15 is 0 Å². The second-order valence-electron chi connectivity index (χ2n) is 7.19. The largest absolute Gasteiger partial charge is 0.496 e. The number of methoxy groups -OCH3 is 1. The van der Waals surface area contributed by atoms with E-state index in [1.807, 2.05) is 47.9 Å². The molecule has 0 saturated heterocycles. The van der Waals surface area contributed by atoms with Crippen LogP contribution in [0.25, 0.3) is 17.1 Å². The molecule has 0 radical (unpaired) electrons. The van der Waals surface area contributed by atoms with Gasteiger partial charge in [-0.05, 0) is 43.3 Å². The van der Waals surface area contributed by atoms with Crippen LogP contribution in [-0.2, 0) is 4.79 Å². The minimum absolute atomic E-state index is 0.0243. The molecule has 0 unspecified atom stereocenters. The van der Waals surface area contributed by atoms with Crippen LogP contribution in [0.15, 0.2) is 72.1 Å². The molecule has 0 bridgehead atoms. The first-order valence-electron chi connectivity index (χ1n) is 10.1. The number of aryl methyl sites for hydroxylation is 1. The van der Waals surface area contributed by atoms with E-state index in [0.29, 0.717) is 16.7 Å². The summed E-state index contributed by atoms with van der Waals surface area (Å²) >= 11 is 1.18. The van der Waals surface area contributed by atoms with Crippen LogP contribution in [0.3, 0.4) is 0 Å². The lowest BCUT2D eigenvalue weighted by Crippen LogP contribution is -2.15. The van der Waals surface area contributed by atoms with Gasteiger partial charge in [0.15, 0.2) is 11.0 Å². The van der Waals surface area contributed by atoms with Crippen molar-refractivity contribution in [2.24, 2.45) is 0 Å². The molecule has 0 spiro atoms. The van der Waals surface area contributed by atoms with Crippen LogP contribution >= 0.6 is 11.8 Å². The molecule has 0 atom stereocenters. The summed E-state index contributed by atoms with van der Waals surface area (Å²) in [6, 6.07) is 15.8. The third-order valence-corrected chi connectivity index (χ3v) is 5.80. The van der Waals surface area contributed by atoms with Crippen LogP contribution in [-0.4, -0.2) is 43.4 Å². The molecule has 0 saturated carbocycles. The van der Waals surface area contributed by atoms with Crippen LogP contribution < -0.4 is 10.1 Å². The Morgan fingerprint density at radius 3 is 2.53 bits per heavy atom. The van der Waals surface area contributed by atoms with Crippen LogP contribution in [0.1, 0.15) is 5.56 Å². The number of nitro benzene ring substituents is 1. The van der Waals surface area contributed by atoms with Crippen LogP contribution in [0, 0.1) is 17.0 Å². The minimum atomic E-state index is -0.569. The third-order valence-electron chi connectivity index (χ3n) is 4.87. The van der Waals surface area contributed by atoms with Gasteiger partial charge in [0.05, 0.1) is 23.9 Å². The van der Waals surface area contributed by atoms with Gasteiger partial charge in [-0.3, -0.25) is 24.5 Å². The predicted octanol–water partition coefficient (Wildman–Crippen LogP) is 4.29. The molecular formula is C23H20N6O4S. The molecule has 4 aromatic rings. The molecule has 0 aliphatic rings. The lowest BCUT2D eigenvalue weighted by Gasteiger charge is -2.11. The molecule has 1 N–H and O–H groups in total. The molecule has 2 heterocycles. The second kappa shape index (κ2) is 10.1. The Bertz CT molecular complexity index is 1330. The van der Waals surface area contributed by atoms with Crippen LogP contribution in [0.5, 0.6) is 5.75 Å². The maximum atomic E-state index is 12.6. The van der Waals surface area contributed by atoms with Gasteiger partial charge in [-0.1, -0.05) is 29.5 Å². The lowest BCUT2D eigenvalue weighted by atomic mass is 10.2. The van der Waals surface area contributed by atoms with Gasteiger partial charge in [-0.25, -0.2) is 0 Å². The Balaban J connectivity index is 1.58. The number of rotatable bonds is 8. The zero-order valence-electron chi connectivity index (χ0n) is 18.3. The summed E-state index contributed by atoms with van der Waals surface area (Å²) in [4.78, 5) is 27.5. The maximum absolute atomic E-state index is 12.6. The highest BCUT2D eigenvalue weighted by atomic mass is 32.2. The average molecular weight is 477 g/mol. The van der Waals surface area contributed by atoms with Crippen molar-refractivity contribution in [3.8, 4) is 22.8 Å². The number of benzene rings is 2. The Morgan fingerprint density at radius 2 is 1.85 bits per heavy atom. The number of nitro groups is 1. The summed E-state index contributed by atoms with van der Waals surface area (Å²) in [6.45, 7) is 2.00. The smallest absolute Gasteiger partial charge is 0.296 e. The van der Waals surface area contributed by atoms with E-state index in [1.54, 1.807) is 18.5 Å². The van der Waals surface area contributed by atoms with Gasteiger partial charge < -0.3 is 10.1 Å². The van der Waals surface area contributed by atoms with Gasteiger partial charge >= 0.3 is 0 Å². The van der Waals surface area contributed by atoms with E-state index in [-0.39, 0.29) is 17.1 Å². The number of thioether (sulfide) groups is 1. The maximum Gasteiger partial charge on any atom is 0.296 e. The van der Waals surface area contributed by atoms with Crippen molar-refractivity contribution in [3.63, 3.8) is 0 Å². The third kappa shape index (κ3) is 5.04. The van der Waals surface area contributed by atoms with Crippen molar-refractivity contribution in [2.75, 3.05) is 18.2 Å². The van der Waals surface area contributed by atoms with Crippen molar-refractivity contribution in [2.45, 2.75) is 12.1 Å². The number of nitrogens with zero attached hydrogens (tertiary/aromatic N) is 5. The number of amides is 1. The van der Waals surface area contributed by atoms with Crippen LogP contribution in [0.4, 0.5) is 11.4 Å². The molecule has 2 aromatic carbocycles. The Kier molecular flexibility index (Phi) is 6.83. The summed E-state index contributed by atoms with van der Waals surface area (Å²) in [5, 5.41) is 23.1. The lowest BCUT2D eigenvalue weighted by molar-refractivity contribution is -0.384. The summed E-state index contributed by atoms with van der Waals surface area (Å²) in [6.07, 6.45) is 3.34. The van der Waals surface area contributed by atoms with E-state index in [0.717, 1.165) is 16.8 Å². The highest BCUT2D eigenvalue weighted by Crippen LogP contribution is 2.30. The zero-order chi connectivity index (χ0) is 24.1. The number of aromatic nitrogens is 4. The summed E-state index contributed by atoms with van der Waals surface area (Å²) < 4.78 is 6.89. The highest BCUT2D eigenvalue weighted by Gasteiger charge is 2.20. The molecule has 10 nitrogen and oxygen atoms in total. The minimum Gasteiger partial charge on any atom is -0.496 e. The van der Waals surface area contributed by atoms with Gasteiger partial charge in [-0.2, -0.15) is 0 Å². The van der Waals surface area contributed by atoms with Crippen molar-refractivity contribution < 1.29 is 14.5 Å². The molecule has 2 aromatic heterocycles. The molecule has 1 amide bonds. The number of pyridine rings is 1. The Labute approximate surface area is 199 Å². The van der Waals surface area contributed by atoms with E-state index < -0.39 is 10.8 Å². The van der Waals surface area contributed by atoms with Gasteiger partial charge in [0, 0.05) is 23.6 Å². The summed E-state index contributed by atoms with van der Waals surface area (Å²) in [5.74, 6) is 0.500. The molecule has 172 valence electrons. The number of nitrogens with one attached hydrogen (secondary N) is 1. The average Bonchev–Trinajstić information content (AvgIpc) is 3.28. The number of hydrogen-bond acceptors (Lipinski definition) is 8. The number of anilines is 1. The molecule has 0 fully saturated rings. The fraction of sp³-hybridized carbons (Fsp3) is 0.130. The molecule has 4 rings (SSSR count). The Hall–Kier alpha value is -4.25. The fourth-order valence-electron chi connectivity index (χ4n) is 3.19. The normalized spacial score (nSPS) is 10.6. The molecule has 0 aliphatic carbocycles. The topological polar surface area (TPSA) is 125 Å². The van der Waals surface area contributed by atoms with Crippen molar-refractivity contribution in [1.29, 1.82) is 0 Å². The van der Waals surface area contributed by atoms with Crippen molar-refractivity contribution in [3.05, 3.63) is 82.7 Å². The molecule has 34 heavy (non-hydrogen) atoms. The number of carbonyl (C=O) groups excluding carboxylic acids is 1. The first-order valence-corrected chi connectivity index (χ1v) is 11.1. The Morgan fingerprint density at radius 1 is 1.12 bits per heavy atom. The van der Waals surface area contributed by atoms with Gasteiger partial charge in [0.25, 0.3) is 5.69 Å². The van der Waals surface area contributed by atoms with E-state index in [4.69, 9.17) is 4.74 Å². The fourth-order valence-corrected chi connectivity index (χ4v) is 3.94. The van der Waals surface area contributed by atoms with Gasteiger partial charge in [0.2, 0.25) is 5.91 Å². The van der Waals surface area contributed by atoms with Gasteiger partial charge in [-0.15, -0.1) is 10.2 Å². The summed E-state index contributed by atoms with van der Waals surface area (Å²) in [7, 11) is 1.42. The van der Waals surface area contributed by atoms with E-state index in [9.17, 15) is 14.9 Å². The quantitative estimate of drug-likeness (QED) is 0.227. The number of carbonyl (C=O) groups is 1. The van der Waals surface area contributed by atoms with Gasteiger partial charge in [0.1, 0.15) is 11.4 Å². The molecule has 0 aliphatic heterocycles. The summed E-state index contributed by atoms with van der Waals surface area (Å²) in [5.41, 5.74) is 2.62. The SMILES string of the molecule is COc1ccc(NC(=O)CSc2nnc(-c3ccncc3)n2-c2ccc(C)cc2)c([N+](=O)[O-])c1. The highest BCUT2D eigenvalue weighted by molar-refractivity contribution is 7.99. The standard InChI is InChI=1S/C23H20N6O4S/c1-15-3-5-17(6-4-15)28-22(16-9-11-24-12-10-16)26-27-23(28)34-14-21(30)25-19-8-7-18(33-2)13-20(19)29(31)32/h3-13H,14H2,1-2H3,(H,25,30). The predicted molar refractivity (Wildman–Crippen MR) is 128 cm³/mol. The van der Waals surface area contributed by atoms with E-state index in [2.05, 4.69) is 20.5 Å². The van der Waals surface area contributed by atoms with Crippen LogP contribution in [0.2, 0.25) is 0 Å². The number of ether oxygens (including phenoxy) is 1. The van der Waals surface area contributed by atoms with E-state index in [1.165, 1.54) is 31.0 Å². The first-order chi connectivity index (χ1) is 16.5. The molecule has 11 heteroatoms. The first kappa shape index (κ1) is 22.9. The van der Waals surface area contributed by atoms with Crippen molar-refractivity contribution in [1.82, 2.24) is 19.7 Å². The monoisotopic (exact) mass is 476 g/mol. The molecular weight excluding hydrogens is 456 g/mol. The zero-order valence-corrected chi connectivity index (χ0v) is 19.2.